The zero-order valence-electron chi connectivity index (χ0n) is 19.9. The molecule has 178 valence electrons. The molecular formula is C31H30ClNO2. The summed E-state index contributed by atoms with van der Waals surface area (Å²) < 4.78 is 4.91. The maximum Gasteiger partial charge on any atom is 0.338 e. The van der Waals surface area contributed by atoms with E-state index < -0.39 is 0 Å². The molecule has 5 rings (SSSR count). The van der Waals surface area contributed by atoms with Crippen molar-refractivity contribution in [2.45, 2.75) is 12.8 Å². The smallest absolute Gasteiger partial charge is 0.338 e. The molecule has 1 aliphatic carbocycles. The molecule has 3 nitrogen and oxygen atoms in total. The van der Waals surface area contributed by atoms with E-state index in [1.54, 1.807) is 5.57 Å². The van der Waals surface area contributed by atoms with Crippen LogP contribution in [-0.2, 0) is 4.74 Å². The van der Waals surface area contributed by atoms with Gasteiger partial charge in [0.1, 0.15) is 0 Å². The lowest BCUT2D eigenvalue weighted by Crippen LogP contribution is -2.31. The van der Waals surface area contributed by atoms with E-state index in [1.165, 1.54) is 34.9 Å². The molecule has 0 radical (unpaired) electrons. The van der Waals surface area contributed by atoms with E-state index >= 15 is 0 Å². The summed E-state index contributed by atoms with van der Waals surface area (Å²) in [4.78, 5) is 14.5. The highest BCUT2D eigenvalue weighted by Crippen LogP contribution is 2.38. The van der Waals surface area contributed by atoms with Crippen LogP contribution in [0.15, 0.2) is 84.4 Å². The van der Waals surface area contributed by atoms with Crippen molar-refractivity contribution >= 4 is 42.2 Å². The van der Waals surface area contributed by atoms with E-state index in [2.05, 4.69) is 71.7 Å². The molecule has 0 saturated carbocycles. The Labute approximate surface area is 213 Å². The number of hydrogen-bond donors (Lipinski definition) is 0. The minimum Gasteiger partial charge on any atom is -0.465 e. The minimum absolute atomic E-state index is 0. The minimum atomic E-state index is -0.298. The first-order valence-electron chi connectivity index (χ1n) is 11.9. The molecule has 0 atom stereocenters. The average Bonchev–Trinajstić information content (AvgIpc) is 3.06. The lowest BCUT2D eigenvalue weighted by molar-refractivity contribution is 0.0600. The average molecular weight is 484 g/mol. The third-order valence-corrected chi connectivity index (χ3v) is 6.74. The van der Waals surface area contributed by atoms with E-state index in [1.807, 2.05) is 30.3 Å². The van der Waals surface area contributed by atoms with E-state index in [0.717, 1.165) is 38.0 Å². The molecule has 3 aromatic carbocycles. The van der Waals surface area contributed by atoms with Crippen LogP contribution in [0.3, 0.4) is 0 Å². The van der Waals surface area contributed by atoms with Crippen LogP contribution in [-0.4, -0.2) is 37.6 Å². The first kappa shape index (κ1) is 24.7. The molecule has 0 aromatic heterocycles. The maximum atomic E-state index is 12.0. The van der Waals surface area contributed by atoms with Crippen LogP contribution < -0.4 is 0 Å². The normalized spacial score (nSPS) is 15.2. The van der Waals surface area contributed by atoms with Crippen molar-refractivity contribution in [2.24, 2.45) is 0 Å². The molecule has 1 aliphatic heterocycles. The lowest BCUT2D eigenvalue weighted by Gasteiger charge is -2.29. The number of ether oxygens (including phenoxy) is 1. The number of carbonyl (C=O) groups is 1. The quantitative estimate of drug-likeness (QED) is 0.293. The van der Waals surface area contributed by atoms with Crippen LogP contribution in [0.5, 0.6) is 0 Å². The second-order valence-corrected chi connectivity index (χ2v) is 8.77. The molecule has 0 bridgehead atoms. The highest BCUT2D eigenvalue weighted by atomic mass is 35.5. The highest BCUT2D eigenvalue weighted by Gasteiger charge is 2.22. The number of rotatable bonds is 4. The van der Waals surface area contributed by atoms with Crippen molar-refractivity contribution < 1.29 is 9.53 Å². The summed E-state index contributed by atoms with van der Waals surface area (Å²) in [5.74, 6) is -0.298. The summed E-state index contributed by atoms with van der Waals surface area (Å²) in [5.41, 5.74) is 9.71. The van der Waals surface area contributed by atoms with Gasteiger partial charge in [0, 0.05) is 19.6 Å². The largest absolute Gasteiger partial charge is 0.465 e. The van der Waals surface area contributed by atoms with Crippen molar-refractivity contribution in [2.75, 3.05) is 26.7 Å². The van der Waals surface area contributed by atoms with Crippen molar-refractivity contribution in [1.82, 2.24) is 4.90 Å². The summed E-state index contributed by atoms with van der Waals surface area (Å²) in [7, 11) is 1.42. The number of fused-ring (bicyclic) bond motifs is 2. The number of halogens is 1. The topological polar surface area (TPSA) is 29.5 Å². The van der Waals surface area contributed by atoms with Crippen molar-refractivity contribution in [3.63, 3.8) is 0 Å². The van der Waals surface area contributed by atoms with Gasteiger partial charge < -0.3 is 4.74 Å². The molecule has 4 heteroatoms. The van der Waals surface area contributed by atoms with Crippen molar-refractivity contribution in [3.05, 3.63) is 118 Å². The SMILES string of the molecule is COC(=O)c1ccccc1/C=C/CN1CCC(=C2c3ccccc3C=Cc3ccccc32)CC1.Cl. The van der Waals surface area contributed by atoms with Crippen LogP contribution in [0, 0.1) is 0 Å². The van der Waals surface area contributed by atoms with E-state index in [0.29, 0.717) is 5.56 Å². The first-order valence-corrected chi connectivity index (χ1v) is 11.9. The van der Waals surface area contributed by atoms with Crippen molar-refractivity contribution in [3.8, 4) is 0 Å². The molecule has 0 amide bonds. The third-order valence-electron chi connectivity index (χ3n) is 6.74. The van der Waals surface area contributed by atoms with Gasteiger partial charge >= 0.3 is 5.97 Å². The molecule has 1 fully saturated rings. The van der Waals surface area contributed by atoms with Crippen LogP contribution >= 0.6 is 12.4 Å². The van der Waals surface area contributed by atoms with E-state index in [-0.39, 0.29) is 18.4 Å². The second-order valence-electron chi connectivity index (χ2n) is 8.77. The molecule has 0 N–H and O–H groups in total. The molecule has 1 saturated heterocycles. The van der Waals surface area contributed by atoms with Crippen molar-refractivity contribution in [1.29, 1.82) is 0 Å². The van der Waals surface area contributed by atoms with Gasteiger partial charge in [0.05, 0.1) is 12.7 Å². The van der Waals surface area contributed by atoms with Gasteiger partial charge in [-0.3, -0.25) is 4.90 Å². The van der Waals surface area contributed by atoms with E-state index in [9.17, 15) is 4.79 Å². The Hall–Kier alpha value is -3.40. The van der Waals surface area contributed by atoms with Gasteiger partial charge in [0.2, 0.25) is 0 Å². The zero-order chi connectivity index (χ0) is 23.3. The Morgan fingerprint density at radius 3 is 2.06 bits per heavy atom. The summed E-state index contributed by atoms with van der Waals surface area (Å²) in [6.07, 6.45) is 10.8. The van der Waals surface area contributed by atoms with Crippen LogP contribution in [0.25, 0.3) is 23.8 Å². The maximum absolute atomic E-state index is 12.0. The molecule has 3 aromatic rings. The van der Waals surface area contributed by atoms with Gasteiger partial charge in [-0.1, -0.05) is 96.6 Å². The van der Waals surface area contributed by atoms with E-state index in [4.69, 9.17) is 4.74 Å². The van der Waals surface area contributed by atoms with Gasteiger partial charge in [0.15, 0.2) is 0 Å². The lowest BCUT2D eigenvalue weighted by atomic mass is 9.86. The fraction of sp³-hybridized carbons (Fsp3) is 0.194. The molecular weight excluding hydrogens is 454 g/mol. The van der Waals surface area contributed by atoms with Gasteiger partial charge in [-0.05, 0) is 52.3 Å². The van der Waals surface area contributed by atoms with Gasteiger partial charge in [0.25, 0.3) is 0 Å². The summed E-state index contributed by atoms with van der Waals surface area (Å²) >= 11 is 0. The highest BCUT2D eigenvalue weighted by molar-refractivity contribution is 5.95. The molecule has 0 unspecified atom stereocenters. The fourth-order valence-corrected chi connectivity index (χ4v) is 4.97. The Balaban J connectivity index is 0.00000289. The predicted octanol–water partition coefficient (Wildman–Crippen LogP) is 6.99. The summed E-state index contributed by atoms with van der Waals surface area (Å²) in [6.45, 7) is 2.92. The Bertz CT molecular complexity index is 1240. The van der Waals surface area contributed by atoms with Crippen LogP contribution in [0.1, 0.15) is 51.0 Å². The Morgan fingerprint density at radius 2 is 1.43 bits per heavy atom. The zero-order valence-corrected chi connectivity index (χ0v) is 20.8. The van der Waals surface area contributed by atoms with Crippen LogP contribution in [0.4, 0.5) is 0 Å². The molecule has 2 aliphatic rings. The summed E-state index contributed by atoms with van der Waals surface area (Å²) in [6, 6.07) is 25.1. The molecule has 1 heterocycles. The number of likely N-dealkylation sites (tertiary alicyclic amines) is 1. The Kier molecular flexibility index (Phi) is 8.02. The number of benzene rings is 3. The molecule has 0 spiro atoms. The number of nitrogens with zero attached hydrogens (tertiary/aromatic N) is 1. The number of hydrogen-bond acceptors (Lipinski definition) is 3. The summed E-state index contributed by atoms with van der Waals surface area (Å²) in [5, 5.41) is 0. The Morgan fingerprint density at radius 1 is 0.857 bits per heavy atom. The monoisotopic (exact) mass is 483 g/mol. The second kappa shape index (κ2) is 11.4. The van der Waals surface area contributed by atoms with Gasteiger partial charge in [-0.15, -0.1) is 12.4 Å². The number of piperidine rings is 1. The van der Waals surface area contributed by atoms with Gasteiger partial charge in [-0.25, -0.2) is 4.79 Å². The fourth-order valence-electron chi connectivity index (χ4n) is 4.97. The molecule has 35 heavy (non-hydrogen) atoms. The number of methoxy groups -OCH3 is 1. The van der Waals surface area contributed by atoms with Crippen LogP contribution in [0.2, 0.25) is 0 Å². The number of carbonyl (C=O) groups excluding carboxylic acids is 1. The third kappa shape index (κ3) is 5.32. The first-order chi connectivity index (χ1) is 16.7. The standard InChI is InChI=1S/C31H29NO2.ClH/c1-34-31(33)29-15-7-4-9-23(29)12-8-20-32-21-18-26(19-22-32)30-27-13-5-2-10-24(27)16-17-25-11-3-6-14-28(25)30;/h2-17H,18-22H2,1H3;1H/b12-8+;. The number of esters is 1. The van der Waals surface area contributed by atoms with Gasteiger partial charge in [-0.2, -0.15) is 0 Å². The predicted molar refractivity (Wildman–Crippen MR) is 148 cm³/mol.